The fourth-order valence-electron chi connectivity index (χ4n) is 4.18. The van der Waals surface area contributed by atoms with Crippen LogP contribution in [0.4, 0.5) is 4.39 Å². The van der Waals surface area contributed by atoms with Gasteiger partial charge < -0.3 is 19.5 Å². The lowest BCUT2D eigenvalue weighted by Gasteiger charge is -2.42. The molecule has 174 valence electrons. The van der Waals surface area contributed by atoms with Gasteiger partial charge in [0.1, 0.15) is 13.2 Å². The minimum Gasteiger partial charge on any atom is -0.486 e. The minimum atomic E-state index is -3.88. The van der Waals surface area contributed by atoms with Crippen molar-refractivity contribution < 1.29 is 32.2 Å². The number of ether oxygens (including phenoxy) is 2. The molecule has 2 aromatic carbocycles. The van der Waals surface area contributed by atoms with Crippen LogP contribution in [0.2, 0.25) is 0 Å². The quantitative estimate of drug-likeness (QED) is 0.660. The first-order valence-corrected chi connectivity index (χ1v) is 12.1. The number of sulfonamides is 1. The maximum absolute atomic E-state index is 14.3. The molecule has 1 N–H and O–H groups in total. The molecule has 5 rings (SSSR count). The first-order valence-electron chi connectivity index (χ1n) is 10.6. The van der Waals surface area contributed by atoms with Gasteiger partial charge in [-0.2, -0.15) is 4.31 Å². The van der Waals surface area contributed by atoms with E-state index in [4.69, 9.17) is 9.47 Å². The Morgan fingerprint density at radius 1 is 1.03 bits per heavy atom. The molecule has 0 saturated carbocycles. The molecule has 33 heavy (non-hydrogen) atoms. The Balaban J connectivity index is 1.23. The smallest absolute Gasteiger partial charge is 0.243 e. The second-order valence-electron chi connectivity index (χ2n) is 8.25. The highest BCUT2D eigenvalue weighted by atomic mass is 32.2. The van der Waals surface area contributed by atoms with E-state index >= 15 is 0 Å². The fourth-order valence-corrected chi connectivity index (χ4v) is 5.64. The monoisotopic (exact) mass is 474 g/mol. The van der Waals surface area contributed by atoms with Gasteiger partial charge in [-0.1, -0.05) is 30.3 Å². The molecule has 0 aliphatic carbocycles. The van der Waals surface area contributed by atoms with E-state index in [0.29, 0.717) is 13.1 Å². The van der Waals surface area contributed by atoms with E-state index in [1.54, 1.807) is 4.90 Å². The maximum Gasteiger partial charge on any atom is 0.243 e. The van der Waals surface area contributed by atoms with Gasteiger partial charge in [0.05, 0.1) is 17.4 Å². The normalized spacial score (nSPS) is 19.0. The summed E-state index contributed by atoms with van der Waals surface area (Å²) in [7, 11) is -3.88. The number of rotatable bonds is 5. The summed E-state index contributed by atoms with van der Waals surface area (Å²) in [6.07, 6.45) is 0. The molecule has 2 aromatic rings. The molecule has 3 aliphatic heterocycles. The van der Waals surface area contributed by atoms with Crippen LogP contribution < -0.4 is 9.47 Å². The summed E-state index contributed by atoms with van der Waals surface area (Å²) in [4.78, 5) is 14.3. The van der Waals surface area contributed by atoms with Crippen LogP contribution in [0.15, 0.2) is 58.5 Å². The predicted molar refractivity (Wildman–Crippen MR) is 116 cm³/mol. The van der Waals surface area contributed by atoms with Gasteiger partial charge >= 0.3 is 0 Å². The lowest BCUT2D eigenvalue weighted by Crippen LogP contribution is -2.52. The molecule has 2 saturated heterocycles. The van der Waals surface area contributed by atoms with Crippen molar-refractivity contribution in [1.29, 1.82) is 0 Å². The second-order valence-corrected chi connectivity index (χ2v) is 10.2. The van der Waals surface area contributed by atoms with Crippen molar-refractivity contribution in [3.63, 3.8) is 0 Å². The summed E-state index contributed by atoms with van der Waals surface area (Å²) in [6.45, 7) is 1.42. The Bertz CT molecular complexity index is 1220. The van der Waals surface area contributed by atoms with Crippen LogP contribution in [0.1, 0.15) is 11.5 Å². The SMILES string of the molecule is O=C([C@H](CO)c1ccccc1)N1CC(=C2CN(S(=O)(=O)c3cc(F)c4c(c3)OCCO4)C2)C1. The van der Waals surface area contributed by atoms with Gasteiger partial charge in [0.25, 0.3) is 0 Å². The highest BCUT2D eigenvalue weighted by Crippen LogP contribution is 2.38. The van der Waals surface area contributed by atoms with Crippen LogP contribution in [0.5, 0.6) is 11.5 Å². The summed E-state index contributed by atoms with van der Waals surface area (Å²) < 4.78 is 52.0. The van der Waals surface area contributed by atoms with Crippen molar-refractivity contribution in [3.05, 3.63) is 65.0 Å². The van der Waals surface area contributed by atoms with Gasteiger partial charge in [-0.3, -0.25) is 4.79 Å². The topological polar surface area (TPSA) is 96.4 Å². The standard InChI is InChI=1S/C23H23FN2O6S/c24-20-8-18(9-21-22(20)32-7-6-31-21)33(29,30)26-12-17(13-26)16-10-25(11-16)23(28)19(14-27)15-4-2-1-3-5-15/h1-5,8-9,19,27H,6-7,10-14H2/t19-/m1/s1. The van der Waals surface area contributed by atoms with Crippen molar-refractivity contribution in [2.24, 2.45) is 0 Å². The molecule has 1 atom stereocenters. The summed E-state index contributed by atoms with van der Waals surface area (Å²) >= 11 is 0. The van der Waals surface area contributed by atoms with E-state index < -0.39 is 21.8 Å². The Morgan fingerprint density at radius 2 is 1.70 bits per heavy atom. The molecule has 3 heterocycles. The average molecular weight is 475 g/mol. The van der Waals surface area contributed by atoms with E-state index in [1.165, 1.54) is 10.4 Å². The third kappa shape index (κ3) is 3.88. The van der Waals surface area contributed by atoms with Gasteiger partial charge in [-0.05, 0) is 22.8 Å². The molecular formula is C23H23FN2O6S. The molecule has 3 aliphatic rings. The Hall–Kier alpha value is -2.95. The van der Waals surface area contributed by atoms with Crippen LogP contribution in [0, 0.1) is 5.82 Å². The molecule has 0 bridgehead atoms. The summed E-state index contributed by atoms with van der Waals surface area (Å²) in [5.74, 6) is -1.51. The minimum absolute atomic E-state index is 0.0671. The largest absolute Gasteiger partial charge is 0.486 e. The molecule has 10 heteroatoms. The summed E-state index contributed by atoms with van der Waals surface area (Å²) in [6, 6.07) is 11.4. The van der Waals surface area contributed by atoms with Crippen LogP contribution in [-0.4, -0.2) is 74.6 Å². The van der Waals surface area contributed by atoms with Crippen LogP contribution in [0.3, 0.4) is 0 Å². The number of likely N-dealkylation sites (tertiary alicyclic amines) is 1. The van der Waals surface area contributed by atoms with Crippen molar-refractivity contribution in [1.82, 2.24) is 9.21 Å². The Morgan fingerprint density at radius 3 is 2.39 bits per heavy atom. The maximum atomic E-state index is 14.3. The molecule has 0 aromatic heterocycles. The number of nitrogens with zero attached hydrogens (tertiary/aromatic N) is 2. The number of amides is 1. The molecule has 1 amide bonds. The number of halogens is 1. The van der Waals surface area contributed by atoms with E-state index in [2.05, 4.69) is 0 Å². The van der Waals surface area contributed by atoms with E-state index in [1.807, 2.05) is 30.3 Å². The van der Waals surface area contributed by atoms with Gasteiger partial charge in [0.2, 0.25) is 15.9 Å². The Kier molecular flexibility index (Phi) is 5.59. The zero-order valence-corrected chi connectivity index (χ0v) is 18.6. The predicted octanol–water partition coefficient (Wildman–Crippen LogP) is 1.52. The first kappa shape index (κ1) is 21.9. The lowest BCUT2D eigenvalue weighted by molar-refractivity contribution is -0.135. The number of carbonyl (C=O) groups is 1. The number of aliphatic hydroxyl groups is 1. The van der Waals surface area contributed by atoms with Crippen LogP contribution in [0.25, 0.3) is 0 Å². The zero-order chi connectivity index (χ0) is 23.2. The highest BCUT2D eigenvalue weighted by Gasteiger charge is 2.39. The van der Waals surface area contributed by atoms with Crippen molar-refractivity contribution >= 4 is 15.9 Å². The summed E-state index contributed by atoms with van der Waals surface area (Å²) in [5.41, 5.74) is 2.74. The lowest BCUT2D eigenvalue weighted by atomic mass is 9.92. The van der Waals surface area contributed by atoms with Gasteiger partial charge in [0.15, 0.2) is 17.3 Å². The van der Waals surface area contributed by atoms with Gasteiger partial charge in [-0.25, -0.2) is 12.8 Å². The van der Waals surface area contributed by atoms with Crippen LogP contribution >= 0.6 is 0 Å². The van der Waals surface area contributed by atoms with E-state index in [0.717, 1.165) is 22.8 Å². The first-order chi connectivity index (χ1) is 15.9. The zero-order valence-electron chi connectivity index (χ0n) is 17.7. The summed E-state index contributed by atoms with van der Waals surface area (Å²) in [5, 5.41) is 9.70. The number of benzene rings is 2. The molecule has 8 nitrogen and oxygen atoms in total. The highest BCUT2D eigenvalue weighted by molar-refractivity contribution is 7.89. The number of carbonyl (C=O) groups excluding carboxylic acids is 1. The third-order valence-electron chi connectivity index (χ3n) is 6.20. The van der Waals surface area contributed by atoms with Crippen molar-refractivity contribution in [2.45, 2.75) is 10.8 Å². The molecule has 2 fully saturated rings. The number of aliphatic hydroxyl groups excluding tert-OH is 1. The van der Waals surface area contributed by atoms with Gasteiger partial charge in [0, 0.05) is 32.2 Å². The number of hydrogen-bond donors (Lipinski definition) is 1. The van der Waals surface area contributed by atoms with E-state index in [9.17, 15) is 22.7 Å². The van der Waals surface area contributed by atoms with Gasteiger partial charge in [-0.15, -0.1) is 0 Å². The second kappa shape index (κ2) is 8.44. The van der Waals surface area contributed by atoms with E-state index in [-0.39, 0.29) is 55.2 Å². The van der Waals surface area contributed by atoms with Crippen molar-refractivity contribution in [3.8, 4) is 11.5 Å². The molecule has 0 radical (unpaired) electrons. The number of hydrogen-bond acceptors (Lipinski definition) is 6. The fraction of sp³-hybridized carbons (Fsp3) is 0.348. The van der Waals surface area contributed by atoms with Crippen LogP contribution in [-0.2, 0) is 14.8 Å². The molecule has 0 spiro atoms. The number of fused-ring (bicyclic) bond motifs is 1. The van der Waals surface area contributed by atoms with Crippen molar-refractivity contribution in [2.75, 3.05) is 46.0 Å². The average Bonchev–Trinajstić information content (AvgIpc) is 2.75. The molecule has 0 unspecified atom stereocenters. The Labute approximate surface area is 190 Å². The molecular weight excluding hydrogens is 451 g/mol. The third-order valence-corrected chi connectivity index (χ3v) is 7.97.